The largest absolute Gasteiger partial charge is 0.354 e. The molecule has 3 aromatic carbocycles. The van der Waals surface area contributed by atoms with Gasteiger partial charge < -0.3 is 9.88 Å². The van der Waals surface area contributed by atoms with Crippen molar-refractivity contribution >= 4 is 16.8 Å². The molecule has 0 radical (unpaired) electrons. The Hall–Kier alpha value is -3.33. The molecule has 3 heteroatoms. The van der Waals surface area contributed by atoms with Crippen molar-refractivity contribution in [3.8, 4) is 11.3 Å². The molecule has 1 aliphatic carbocycles. The Morgan fingerprint density at radius 2 is 1.50 bits per heavy atom. The molecule has 2 aliphatic rings. The van der Waals surface area contributed by atoms with Gasteiger partial charge in [-0.25, -0.2) is 0 Å². The van der Waals surface area contributed by atoms with Crippen molar-refractivity contribution in [2.45, 2.75) is 38.3 Å². The van der Waals surface area contributed by atoms with E-state index in [0.717, 1.165) is 30.5 Å². The fraction of sp³-hybridized carbons (Fsp3) is 0.276. The van der Waals surface area contributed by atoms with Gasteiger partial charge in [0.05, 0.1) is 11.7 Å². The average molecular weight is 421 g/mol. The Morgan fingerprint density at radius 1 is 0.812 bits per heavy atom. The standard InChI is InChI=1S/C29H28N2O/c32-29-23-16-8-7-15-22(23)28(31(29)19-20-11-3-1-4-12-20)26-24-17-9-10-18-25(24)30-27(26)21-13-5-2-6-14-21/h1-6,9-14,17-18,22-23,28,30H,7-8,15-16,19H2/t22-,23-,28-/m1/s1. The number of carbonyl (C=O) groups excluding carboxylic acids is 1. The molecular formula is C29H28N2O. The van der Waals surface area contributed by atoms with Crippen molar-refractivity contribution in [2.24, 2.45) is 11.8 Å². The average Bonchev–Trinajstić information content (AvgIpc) is 3.36. The van der Waals surface area contributed by atoms with Crippen molar-refractivity contribution in [2.75, 3.05) is 0 Å². The van der Waals surface area contributed by atoms with Crippen molar-refractivity contribution in [1.82, 2.24) is 9.88 Å². The second-order valence-electron chi connectivity index (χ2n) is 9.28. The smallest absolute Gasteiger partial charge is 0.226 e. The number of hydrogen-bond acceptors (Lipinski definition) is 1. The first kappa shape index (κ1) is 19.4. The summed E-state index contributed by atoms with van der Waals surface area (Å²) in [5.41, 5.74) is 5.99. The Morgan fingerprint density at radius 3 is 2.31 bits per heavy atom. The molecule has 1 amide bonds. The van der Waals surface area contributed by atoms with Gasteiger partial charge in [-0.15, -0.1) is 0 Å². The van der Waals surface area contributed by atoms with Crippen LogP contribution >= 0.6 is 0 Å². The third-order valence-electron chi connectivity index (χ3n) is 7.46. The van der Waals surface area contributed by atoms with Gasteiger partial charge in [0.15, 0.2) is 0 Å². The second-order valence-corrected chi connectivity index (χ2v) is 9.28. The molecule has 0 bridgehead atoms. The zero-order valence-corrected chi connectivity index (χ0v) is 18.2. The molecule has 0 unspecified atom stereocenters. The van der Waals surface area contributed by atoms with Crippen LogP contribution in [-0.4, -0.2) is 15.8 Å². The van der Waals surface area contributed by atoms with Gasteiger partial charge >= 0.3 is 0 Å². The molecule has 6 rings (SSSR count). The molecule has 1 aliphatic heterocycles. The number of nitrogens with zero attached hydrogens (tertiary/aromatic N) is 1. The van der Waals surface area contributed by atoms with Gasteiger partial charge in [-0.3, -0.25) is 4.79 Å². The lowest BCUT2D eigenvalue weighted by Crippen LogP contribution is -2.29. The Balaban J connectivity index is 1.55. The summed E-state index contributed by atoms with van der Waals surface area (Å²) in [5, 5.41) is 1.24. The number of fused-ring (bicyclic) bond motifs is 2. The maximum atomic E-state index is 13.7. The third-order valence-corrected chi connectivity index (χ3v) is 7.46. The van der Waals surface area contributed by atoms with Gasteiger partial charge in [0, 0.05) is 28.9 Å². The van der Waals surface area contributed by atoms with Crippen LogP contribution in [-0.2, 0) is 11.3 Å². The first-order valence-electron chi connectivity index (χ1n) is 11.8. The summed E-state index contributed by atoms with van der Waals surface area (Å²) in [6.45, 7) is 0.672. The van der Waals surface area contributed by atoms with E-state index in [1.165, 1.54) is 28.5 Å². The number of carbonyl (C=O) groups is 1. The monoisotopic (exact) mass is 420 g/mol. The van der Waals surface area contributed by atoms with Gasteiger partial charge in [-0.1, -0.05) is 91.7 Å². The summed E-state index contributed by atoms with van der Waals surface area (Å²) >= 11 is 0. The maximum absolute atomic E-state index is 13.7. The molecule has 0 spiro atoms. The third kappa shape index (κ3) is 3.15. The summed E-state index contributed by atoms with van der Waals surface area (Å²) < 4.78 is 0. The lowest BCUT2D eigenvalue weighted by Gasteiger charge is -2.31. The number of aromatic amines is 1. The zero-order chi connectivity index (χ0) is 21.5. The SMILES string of the molecule is O=C1[C@@H]2CCCC[C@H]2[C@H](c2c(-c3ccccc3)[nH]c3ccccc23)N1Cc1ccccc1. The van der Waals surface area contributed by atoms with E-state index in [4.69, 9.17) is 0 Å². The van der Waals surface area contributed by atoms with E-state index in [0.29, 0.717) is 18.4 Å². The van der Waals surface area contributed by atoms with Crippen molar-refractivity contribution in [1.29, 1.82) is 0 Å². The first-order valence-corrected chi connectivity index (χ1v) is 11.8. The van der Waals surface area contributed by atoms with E-state index in [9.17, 15) is 4.79 Å². The van der Waals surface area contributed by atoms with Crippen molar-refractivity contribution < 1.29 is 4.79 Å². The number of rotatable bonds is 4. The van der Waals surface area contributed by atoms with E-state index in [2.05, 4.69) is 88.7 Å². The van der Waals surface area contributed by atoms with Gasteiger partial charge in [-0.2, -0.15) is 0 Å². The molecule has 1 N–H and O–H groups in total. The van der Waals surface area contributed by atoms with Crippen LogP contribution in [0.2, 0.25) is 0 Å². The highest BCUT2D eigenvalue weighted by Gasteiger charge is 2.50. The van der Waals surface area contributed by atoms with Crippen molar-refractivity contribution in [3.05, 3.63) is 96.1 Å². The molecule has 2 heterocycles. The molecule has 32 heavy (non-hydrogen) atoms. The molecule has 2 fully saturated rings. The quantitative estimate of drug-likeness (QED) is 0.391. The Labute approximate surface area is 189 Å². The minimum atomic E-state index is 0.0966. The number of hydrogen-bond donors (Lipinski definition) is 1. The molecule has 1 saturated heterocycles. The zero-order valence-electron chi connectivity index (χ0n) is 18.2. The van der Waals surface area contributed by atoms with E-state index >= 15 is 0 Å². The van der Waals surface area contributed by atoms with Crippen LogP contribution in [0.25, 0.3) is 22.2 Å². The molecule has 4 aromatic rings. The number of H-pyrrole nitrogens is 1. The van der Waals surface area contributed by atoms with Crippen LogP contribution in [0.1, 0.15) is 42.9 Å². The second kappa shape index (κ2) is 7.98. The van der Waals surface area contributed by atoms with Gasteiger partial charge in [0.1, 0.15) is 0 Å². The van der Waals surface area contributed by atoms with E-state index in [1.54, 1.807) is 0 Å². The van der Waals surface area contributed by atoms with Gasteiger partial charge in [0.25, 0.3) is 0 Å². The summed E-state index contributed by atoms with van der Waals surface area (Å²) in [4.78, 5) is 19.7. The lowest BCUT2D eigenvalue weighted by atomic mass is 9.76. The van der Waals surface area contributed by atoms with E-state index < -0.39 is 0 Å². The topological polar surface area (TPSA) is 36.1 Å². The van der Waals surface area contributed by atoms with E-state index in [1.807, 2.05) is 6.07 Å². The van der Waals surface area contributed by atoms with Crippen LogP contribution in [0.4, 0.5) is 0 Å². The lowest BCUT2D eigenvalue weighted by molar-refractivity contribution is -0.133. The van der Waals surface area contributed by atoms with Crippen LogP contribution in [0.3, 0.4) is 0 Å². The number of benzene rings is 3. The predicted molar refractivity (Wildman–Crippen MR) is 129 cm³/mol. The van der Waals surface area contributed by atoms with Crippen molar-refractivity contribution in [3.63, 3.8) is 0 Å². The number of amides is 1. The van der Waals surface area contributed by atoms with Crippen LogP contribution in [0.15, 0.2) is 84.9 Å². The van der Waals surface area contributed by atoms with Crippen LogP contribution in [0, 0.1) is 11.8 Å². The fourth-order valence-corrected chi connectivity index (χ4v) is 6.05. The van der Waals surface area contributed by atoms with Crippen LogP contribution in [0.5, 0.6) is 0 Å². The molecule has 1 saturated carbocycles. The minimum Gasteiger partial charge on any atom is -0.354 e. The highest BCUT2D eigenvalue weighted by molar-refractivity contribution is 5.93. The Kier molecular flexibility index (Phi) is 4.83. The highest BCUT2D eigenvalue weighted by atomic mass is 16.2. The first-order chi connectivity index (χ1) is 15.8. The molecule has 1 aromatic heterocycles. The molecular weight excluding hydrogens is 392 g/mol. The molecule has 160 valence electrons. The summed E-state index contributed by atoms with van der Waals surface area (Å²) in [6, 6.07) is 29.7. The van der Waals surface area contributed by atoms with E-state index in [-0.39, 0.29) is 12.0 Å². The summed E-state index contributed by atoms with van der Waals surface area (Å²) in [6.07, 6.45) is 4.53. The Bertz CT molecular complexity index is 1240. The number of likely N-dealkylation sites (tertiary alicyclic amines) is 1. The number of nitrogens with one attached hydrogen (secondary N) is 1. The number of para-hydroxylation sites is 1. The fourth-order valence-electron chi connectivity index (χ4n) is 6.05. The minimum absolute atomic E-state index is 0.0966. The molecule has 3 nitrogen and oxygen atoms in total. The predicted octanol–water partition coefficient (Wildman–Crippen LogP) is 6.72. The normalized spacial score (nSPS) is 22.9. The summed E-state index contributed by atoms with van der Waals surface area (Å²) in [7, 11) is 0. The maximum Gasteiger partial charge on any atom is 0.226 e. The van der Waals surface area contributed by atoms with Gasteiger partial charge in [-0.05, 0) is 36.0 Å². The van der Waals surface area contributed by atoms with Gasteiger partial charge in [0.2, 0.25) is 5.91 Å². The number of aromatic nitrogens is 1. The summed E-state index contributed by atoms with van der Waals surface area (Å²) in [5.74, 6) is 0.865. The van der Waals surface area contributed by atoms with Crippen LogP contribution < -0.4 is 0 Å². The molecule has 3 atom stereocenters. The highest BCUT2D eigenvalue weighted by Crippen LogP contribution is 2.52.